The van der Waals surface area contributed by atoms with Gasteiger partial charge in [0.2, 0.25) is 5.91 Å². The maximum Gasteiger partial charge on any atom is 0.247 e. The summed E-state index contributed by atoms with van der Waals surface area (Å²) < 4.78 is 0. The highest BCUT2D eigenvalue weighted by Gasteiger charge is 2.12. The molecule has 0 unspecified atom stereocenters. The number of nitrogens with one attached hydrogen (secondary N) is 1. The standard InChI is InChI=1S/C25H29N3O/c1-5-20-8-7-9-21(19(20)4)13-15-28(25(29)6-2)17-27-22-10-11-23-18(3)12-14-26-24(23)16-22/h6-12,14,16,27H,2,5,13,15,17H2,1,3-4H3. The van der Waals surface area contributed by atoms with Gasteiger partial charge in [0.05, 0.1) is 12.2 Å². The van der Waals surface area contributed by atoms with Crippen molar-refractivity contribution >= 4 is 22.5 Å². The molecule has 3 rings (SSSR count). The summed E-state index contributed by atoms with van der Waals surface area (Å²) in [6.07, 6.45) is 5.04. The summed E-state index contributed by atoms with van der Waals surface area (Å²) in [5.41, 5.74) is 7.07. The lowest BCUT2D eigenvalue weighted by Crippen LogP contribution is -2.36. The molecule has 150 valence electrons. The van der Waals surface area contributed by atoms with Gasteiger partial charge in [-0.15, -0.1) is 0 Å². The number of carbonyl (C=O) groups is 1. The zero-order valence-electron chi connectivity index (χ0n) is 17.5. The van der Waals surface area contributed by atoms with Gasteiger partial charge in [-0.3, -0.25) is 9.78 Å². The van der Waals surface area contributed by atoms with Crippen molar-refractivity contribution < 1.29 is 4.79 Å². The Morgan fingerprint density at radius 2 is 1.97 bits per heavy atom. The molecular formula is C25H29N3O. The number of pyridine rings is 1. The van der Waals surface area contributed by atoms with E-state index in [-0.39, 0.29) is 5.91 Å². The van der Waals surface area contributed by atoms with Crippen LogP contribution >= 0.6 is 0 Å². The normalized spacial score (nSPS) is 10.7. The van der Waals surface area contributed by atoms with Gasteiger partial charge >= 0.3 is 0 Å². The fourth-order valence-electron chi connectivity index (χ4n) is 3.63. The van der Waals surface area contributed by atoms with E-state index in [0.717, 1.165) is 29.4 Å². The van der Waals surface area contributed by atoms with Gasteiger partial charge in [-0.1, -0.05) is 37.8 Å². The predicted octanol–water partition coefficient (Wildman–Crippen LogP) is 5.04. The minimum absolute atomic E-state index is 0.0726. The summed E-state index contributed by atoms with van der Waals surface area (Å²) >= 11 is 0. The molecule has 1 heterocycles. The van der Waals surface area contributed by atoms with Gasteiger partial charge in [0.15, 0.2) is 0 Å². The molecule has 0 aliphatic heterocycles. The molecule has 3 aromatic rings. The van der Waals surface area contributed by atoms with Gasteiger partial charge in [0.25, 0.3) is 0 Å². The number of benzene rings is 2. The van der Waals surface area contributed by atoms with Crippen LogP contribution in [0.5, 0.6) is 0 Å². The summed E-state index contributed by atoms with van der Waals surface area (Å²) in [5.74, 6) is -0.0726. The molecule has 0 aliphatic rings. The molecule has 1 aromatic heterocycles. The predicted molar refractivity (Wildman–Crippen MR) is 121 cm³/mol. The van der Waals surface area contributed by atoms with Crippen molar-refractivity contribution in [2.75, 3.05) is 18.5 Å². The first-order valence-electron chi connectivity index (χ1n) is 10.1. The van der Waals surface area contributed by atoms with Crippen molar-refractivity contribution in [3.63, 3.8) is 0 Å². The number of aryl methyl sites for hydroxylation is 2. The highest BCUT2D eigenvalue weighted by molar-refractivity contribution is 5.87. The molecule has 0 fully saturated rings. The third-order valence-electron chi connectivity index (χ3n) is 5.51. The fraction of sp³-hybridized carbons (Fsp3) is 0.280. The minimum Gasteiger partial charge on any atom is -0.368 e. The minimum atomic E-state index is -0.0726. The lowest BCUT2D eigenvalue weighted by molar-refractivity contribution is -0.125. The Morgan fingerprint density at radius 1 is 1.17 bits per heavy atom. The van der Waals surface area contributed by atoms with Crippen LogP contribution in [0.3, 0.4) is 0 Å². The molecule has 0 saturated carbocycles. The maximum atomic E-state index is 12.4. The van der Waals surface area contributed by atoms with E-state index < -0.39 is 0 Å². The molecular weight excluding hydrogens is 358 g/mol. The number of nitrogens with zero attached hydrogens (tertiary/aromatic N) is 2. The van der Waals surface area contributed by atoms with Gasteiger partial charge < -0.3 is 10.2 Å². The molecule has 2 aromatic carbocycles. The maximum absolute atomic E-state index is 12.4. The summed E-state index contributed by atoms with van der Waals surface area (Å²) in [6.45, 7) is 11.1. The molecule has 0 spiro atoms. The Hall–Kier alpha value is -3.14. The molecule has 0 radical (unpaired) electrons. The van der Waals surface area contributed by atoms with Gasteiger partial charge in [-0.25, -0.2) is 0 Å². The topological polar surface area (TPSA) is 45.2 Å². The summed E-state index contributed by atoms with van der Waals surface area (Å²) in [6, 6.07) is 14.5. The van der Waals surface area contributed by atoms with Crippen LogP contribution in [-0.4, -0.2) is 29.0 Å². The van der Waals surface area contributed by atoms with Crippen molar-refractivity contribution in [1.29, 1.82) is 0 Å². The van der Waals surface area contributed by atoms with Crippen LogP contribution in [0.4, 0.5) is 5.69 Å². The van der Waals surface area contributed by atoms with Crippen LogP contribution in [0, 0.1) is 13.8 Å². The first-order valence-corrected chi connectivity index (χ1v) is 10.1. The van der Waals surface area contributed by atoms with Crippen molar-refractivity contribution in [1.82, 2.24) is 9.88 Å². The first-order chi connectivity index (χ1) is 14.0. The molecule has 4 nitrogen and oxygen atoms in total. The average Bonchev–Trinajstić information content (AvgIpc) is 2.74. The van der Waals surface area contributed by atoms with E-state index in [1.807, 2.05) is 24.4 Å². The van der Waals surface area contributed by atoms with Crippen LogP contribution in [0.2, 0.25) is 0 Å². The van der Waals surface area contributed by atoms with E-state index in [9.17, 15) is 4.79 Å². The Balaban J connectivity index is 1.70. The number of fused-ring (bicyclic) bond motifs is 1. The quantitative estimate of drug-likeness (QED) is 0.435. The second-order valence-electron chi connectivity index (χ2n) is 7.31. The largest absolute Gasteiger partial charge is 0.368 e. The molecule has 1 amide bonds. The van der Waals surface area contributed by atoms with Crippen LogP contribution in [-0.2, 0) is 17.6 Å². The van der Waals surface area contributed by atoms with Crippen molar-refractivity contribution in [3.05, 3.63) is 83.6 Å². The van der Waals surface area contributed by atoms with Crippen LogP contribution in [0.15, 0.2) is 61.3 Å². The SMILES string of the molecule is C=CC(=O)N(CCc1cccc(CC)c1C)CNc1ccc2c(C)ccnc2c1. The second kappa shape index (κ2) is 9.37. The Morgan fingerprint density at radius 3 is 2.72 bits per heavy atom. The van der Waals surface area contributed by atoms with Gasteiger partial charge in [0.1, 0.15) is 0 Å². The van der Waals surface area contributed by atoms with Crippen molar-refractivity contribution in [3.8, 4) is 0 Å². The third kappa shape index (κ3) is 4.83. The lowest BCUT2D eigenvalue weighted by atomic mass is 9.98. The number of anilines is 1. The van der Waals surface area contributed by atoms with E-state index >= 15 is 0 Å². The lowest BCUT2D eigenvalue weighted by Gasteiger charge is -2.23. The number of carbonyl (C=O) groups excluding carboxylic acids is 1. The Bertz CT molecular complexity index is 1030. The zero-order valence-corrected chi connectivity index (χ0v) is 17.5. The highest BCUT2D eigenvalue weighted by atomic mass is 16.2. The summed E-state index contributed by atoms with van der Waals surface area (Å²) in [7, 11) is 0. The third-order valence-corrected chi connectivity index (χ3v) is 5.51. The molecule has 4 heteroatoms. The van der Waals surface area contributed by atoms with Crippen LogP contribution in [0.1, 0.15) is 29.2 Å². The Labute approximate surface area is 173 Å². The monoisotopic (exact) mass is 387 g/mol. The second-order valence-corrected chi connectivity index (χ2v) is 7.31. The van der Waals surface area contributed by atoms with E-state index in [1.165, 1.54) is 28.3 Å². The molecule has 29 heavy (non-hydrogen) atoms. The Kier molecular flexibility index (Phi) is 6.65. The number of rotatable bonds is 8. The van der Waals surface area contributed by atoms with Gasteiger partial charge in [0, 0.05) is 23.8 Å². The molecule has 0 bridgehead atoms. The van der Waals surface area contributed by atoms with E-state index in [1.54, 1.807) is 4.90 Å². The number of hydrogen-bond acceptors (Lipinski definition) is 3. The molecule has 0 aliphatic carbocycles. The average molecular weight is 388 g/mol. The van der Waals surface area contributed by atoms with Gasteiger partial charge in [-0.2, -0.15) is 0 Å². The molecule has 1 N–H and O–H groups in total. The van der Waals surface area contributed by atoms with Crippen LogP contribution in [0.25, 0.3) is 10.9 Å². The number of amides is 1. The fourth-order valence-corrected chi connectivity index (χ4v) is 3.63. The molecule has 0 saturated heterocycles. The van der Waals surface area contributed by atoms with Crippen molar-refractivity contribution in [2.45, 2.75) is 33.6 Å². The van der Waals surface area contributed by atoms with E-state index in [0.29, 0.717) is 13.2 Å². The first kappa shape index (κ1) is 20.6. The number of hydrogen-bond donors (Lipinski definition) is 1. The summed E-state index contributed by atoms with van der Waals surface area (Å²) in [5, 5.41) is 4.50. The highest BCUT2D eigenvalue weighted by Crippen LogP contribution is 2.20. The van der Waals surface area contributed by atoms with Crippen LogP contribution < -0.4 is 5.32 Å². The summed E-state index contributed by atoms with van der Waals surface area (Å²) in [4.78, 5) is 18.6. The molecule has 0 atom stereocenters. The number of aromatic nitrogens is 1. The van der Waals surface area contributed by atoms with Crippen molar-refractivity contribution in [2.24, 2.45) is 0 Å². The smallest absolute Gasteiger partial charge is 0.247 e. The van der Waals surface area contributed by atoms with E-state index in [2.05, 4.69) is 61.9 Å². The zero-order chi connectivity index (χ0) is 20.8. The van der Waals surface area contributed by atoms with E-state index in [4.69, 9.17) is 0 Å². The van der Waals surface area contributed by atoms with Gasteiger partial charge in [-0.05, 0) is 73.2 Å².